The van der Waals surface area contributed by atoms with Crippen LogP contribution in [0.3, 0.4) is 0 Å². The minimum absolute atomic E-state index is 0.0482. The zero-order chi connectivity index (χ0) is 24.0. The molecule has 0 aromatic heterocycles. The second-order valence-corrected chi connectivity index (χ2v) is 9.97. The van der Waals surface area contributed by atoms with Crippen molar-refractivity contribution in [2.24, 2.45) is 11.8 Å². The molecule has 0 spiro atoms. The fraction of sp³-hybridized carbons (Fsp3) is 0.444. The predicted molar refractivity (Wildman–Crippen MR) is 126 cm³/mol. The molecule has 1 aliphatic carbocycles. The molecule has 2 heterocycles. The fourth-order valence-electron chi connectivity index (χ4n) is 5.87. The number of hydrogen-bond donors (Lipinski definition) is 1. The Bertz CT molecular complexity index is 1080. The van der Waals surface area contributed by atoms with Crippen LogP contribution in [0.2, 0.25) is 0 Å². The molecule has 2 saturated heterocycles. The van der Waals surface area contributed by atoms with Crippen LogP contribution in [-0.2, 0) is 14.3 Å². The Balaban J connectivity index is 1.29. The van der Waals surface area contributed by atoms with Crippen LogP contribution in [0.5, 0.6) is 0 Å². The number of carboxylic acids is 1. The zero-order valence-corrected chi connectivity index (χ0v) is 19.5. The lowest BCUT2D eigenvalue weighted by Gasteiger charge is -2.28. The van der Waals surface area contributed by atoms with Gasteiger partial charge in [-0.15, -0.1) is 0 Å². The molecular weight excluding hydrogens is 432 g/mol. The Kier molecular flexibility index (Phi) is 5.80. The molecule has 178 valence electrons. The second-order valence-electron chi connectivity index (χ2n) is 9.97. The Hall–Kier alpha value is -3.35. The van der Waals surface area contributed by atoms with Gasteiger partial charge in [0.2, 0.25) is 5.91 Å². The van der Waals surface area contributed by atoms with Gasteiger partial charge in [0, 0.05) is 24.9 Å². The monoisotopic (exact) mass is 462 g/mol. The van der Waals surface area contributed by atoms with Crippen molar-refractivity contribution in [1.82, 2.24) is 9.80 Å². The van der Waals surface area contributed by atoms with Crippen molar-refractivity contribution < 1.29 is 24.2 Å². The number of aliphatic carboxylic acids is 1. The van der Waals surface area contributed by atoms with E-state index in [1.807, 2.05) is 38.1 Å². The van der Waals surface area contributed by atoms with Gasteiger partial charge in [0.15, 0.2) is 0 Å². The van der Waals surface area contributed by atoms with Gasteiger partial charge in [-0.1, -0.05) is 62.4 Å². The average Bonchev–Trinajstić information content (AvgIpc) is 3.47. The lowest BCUT2D eigenvalue weighted by Crippen LogP contribution is -2.48. The molecule has 2 aliphatic heterocycles. The van der Waals surface area contributed by atoms with Crippen molar-refractivity contribution >= 4 is 18.0 Å². The van der Waals surface area contributed by atoms with Gasteiger partial charge in [0.25, 0.3) is 0 Å². The molecule has 2 aromatic rings. The van der Waals surface area contributed by atoms with Crippen molar-refractivity contribution in [1.29, 1.82) is 0 Å². The number of nitrogens with zero attached hydrogens (tertiary/aromatic N) is 2. The third-order valence-electron chi connectivity index (χ3n) is 7.42. The third kappa shape index (κ3) is 3.73. The van der Waals surface area contributed by atoms with Gasteiger partial charge in [-0.2, -0.15) is 0 Å². The number of ether oxygens (including phenoxy) is 1. The van der Waals surface area contributed by atoms with E-state index < -0.39 is 24.1 Å². The molecule has 7 nitrogen and oxygen atoms in total. The van der Waals surface area contributed by atoms with E-state index in [9.17, 15) is 19.5 Å². The first-order chi connectivity index (χ1) is 16.4. The molecule has 5 rings (SSSR count). The first-order valence-corrected chi connectivity index (χ1v) is 12.0. The lowest BCUT2D eigenvalue weighted by molar-refractivity contribution is -0.150. The number of rotatable bonds is 6. The highest BCUT2D eigenvalue weighted by atomic mass is 16.6. The van der Waals surface area contributed by atoms with Gasteiger partial charge in [-0.05, 0) is 41.0 Å². The van der Waals surface area contributed by atoms with Crippen LogP contribution in [-0.4, -0.2) is 64.7 Å². The highest BCUT2D eigenvalue weighted by Crippen LogP contribution is 2.44. The van der Waals surface area contributed by atoms with Gasteiger partial charge < -0.3 is 14.7 Å². The molecule has 0 saturated carbocycles. The minimum Gasteiger partial charge on any atom is -0.480 e. The quantitative estimate of drug-likeness (QED) is 0.702. The number of carboxylic acid groups (broad SMARTS) is 1. The smallest absolute Gasteiger partial charge is 0.410 e. The highest BCUT2D eigenvalue weighted by Gasteiger charge is 2.52. The van der Waals surface area contributed by atoms with Crippen molar-refractivity contribution in [3.63, 3.8) is 0 Å². The van der Waals surface area contributed by atoms with Gasteiger partial charge in [-0.3, -0.25) is 9.69 Å². The summed E-state index contributed by atoms with van der Waals surface area (Å²) in [6.45, 7) is 4.91. The number of carbonyl (C=O) groups is 3. The summed E-state index contributed by atoms with van der Waals surface area (Å²) in [5.74, 6) is -1.22. The summed E-state index contributed by atoms with van der Waals surface area (Å²) in [6, 6.07) is 14.8. The normalized spacial score (nSPS) is 22.0. The molecule has 2 amide bonds. The molecule has 0 radical (unpaired) electrons. The Labute approximate surface area is 199 Å². The Morgan fingerprint density at radius 1 is 1.06 bits per heavy atom. The van der Waals surface area contributed by atoms with Crippen LogP contribution in [0.4, 0.5) is 4.79 Å². The molecule has 2 fully saturated rings. The van der Waals surface area contributed by atoms with E-state index in [1.54, 1.807) is 0 Å². The van der Waals surface area contributed by atoms with Crippen molar-refractivity contribution in [2.45, 2.75) is 44.7 Å². The maximum absolute atomic E-state index is 13.2. The summed E-state index contributed by atoms with van der Waals surface area (Å²) in [7, 11) is 0. The number of benzene rings is 2. The van der Waals surface area contributed by atoms with Gasteiger partial charge in [0.1, 0.15) is 18.7 Å². The molecular formula is C27H30N2O5. The number of amides is 2. The van der Waals surface area contributed by atoms with Crippen LogP contribution in [0.25, 0.3) is 11.1 Å². The Morgan fingerprint density at radius 3 is 2.26 bits per heavy atom. The van der Waals surface area contributed by atoms with Crippen molar-refractivity contribution in [3.05, 3.63) is 59.7 Å². The van der Waals surface area contributed by atoms with Crippen LogP contribution in [0.15, 0.2) is 48.5 Å². The molecule has 2 aromatic carbocycles. The lowest BCUT2D eigenvalue weighted by atomic mass is 9.98. The van der Waals surface area contributed by atoms with E-state index in [1.165, 1.54) is 9.80 Å². The van der Waals surface area contributed by atoms with Crippen LogP contribution < -0.4 is 0 Å². The van der Waals surface area contributed by atoms with Crippen LogP contribution in [0, 0.1) is 11.8 Å². The molecule has 34 heavy (non-hydrogen) atoms. The SMILES string of the molecule is CC(C)C[C@H](C(=O)O)N1C[C@H]2CCN(C(=O)OCC3c4ccccc4-c4ccccc43)[C@H]2C1=O. The van der Waals surface area contributed by atoms with E-state index in [-0.39, 0.29) is 30.3 Å². The summed E-state index contributed by atoms with van der Waals surface area (Å²) in [5, 5.41) is 9.71. The average molecular weight is 463 g/mol. The van der Waals surface area contributed by atoms with Gasteiger partial charge >= 0.3 is 12.1 Å². The number of hydrogen-bond acceptors (Lipinski definition) is 4. The number of fused-ring (bicyclic) bond motifs is 4. The molecule has 3 aliphatic rings. The summed E-state index contributed by atoms with van der Waals surface area (Å²) >= 11 is 0. The van der Waals surface area contributed by atoms with Crippen molar-refractivity contribution in [3.8, 4) is 11.1 Å². The van der Waals surface area contributed by atoms with E-state index in [4.69, 9.17) is 4.74 Å². The minimum atomic E-state index is -0.991. The molecule has 0 bridgehead atoms. The number of likely N-dealkylation sites (tertiary alicyclic amines) is 2. The first kappa shape index (κ1) is 22.4. The maximum Gasteiger partial charge on any atom is 0.410 e. The topological polar surface area (TPSA) is 87.2 Å². The van der Waals surface area contributed by atoms with E-state index in [0.717, 1.165) is 22.3 Å². The van der Waals surface area contributed by atoms with E-state index >= 15 is 0 Å². The standard InChI is InChI=1S/C27H30N2O5/c1-16(2)13-23(26(31)32)29-14-17-11-12-28(24(17)25(29)30)27(33)34-15-22-20-9-5-3-7-18(20)19-8-4-6-10-21(19)22/h3-10,16-17,22-24H,11-15H2,1-2H3,(H,31,32)/t17-,23-,24-/m1/s1. The molecule has 7 heteroatoms. The van der Waals surface area contributed by atoms with Crippen LogP contribution in [0.1, 0.15) is 43.7 Å². The van der Waals surface area contributed by atoms with E-state index in [2.05, 4.69) is 24.3 Å². The Morgan fingerprint density at radius 2 is 1.68 bits per heavy atom. The summed E-state index contributed by atoms with van der Waals surface area (Å²) < 4.78 is 5.79. The summed E-state index contributed by atoms with van der Waals surface area (Å²) in [4.78, 5) is 41.2. The van der Waals surface area contributed by atoms with Crippen LogP contribution >= 0.6 is 0 Å². The first-order valence-electron chi connectivity index (χ1n) is 12.0. The summed E-state index contributed by atoms with van der Waals surface area (Å²) in [5.41, 5.74) is 4.59. The zero-order valence-electron chi connectivity index (χ0n) is 19.5. The fourth-order valence-corrected chi connectivity index (χ4v) is 5.87. The number of carbonyl (C=O) groups excluding carboxylic acids is 2. The van der Waals surface area contributed by atoms with Gasteiger partial charge in [-0.25, -0.2) is 9.59 Å². The molecule has 0 unspecified atom stereocenters. The molecule has 3 atom stereocenters. The second kappa shape index (κ2) is 8.78. The predicted octanol–water partition coefficient (Wildman–Crippen LogP) is 3.97. The third-order valence-corrected chi connectivity index (χ3v) is 7.42. The van der Waals surface area contributed by atoms with E-state index in [0.29, 0.717) is 25.9 Å². The molecule has 1 N–H and O–H groups in total. The highest BCUT2D eigenvalue weighted by molar-refractivity contribution is 5.92. The van der Waals surface area contributed by atoms with Crippen molar-refractivity contribution in [2.75, 3.05) is 19.7 Å². The maximum atomic E-state index is 13.2. The summed E-state index contributed by atoms with van der Waals surface area (Å²) in [6.07, 6.45) is 0.566. The van der Waals surface area contributed by atoms with Gasteiger partial charge in [0.05, 0.1) is 0 Å². The largest absolute Gasteiger partial charge is 0.480 e.